The first-order valence-corrected chi connectivity index (χ1v) is 6.54. The number of thiophene rings is 1. The van der Waals surface area contributed by atoms with Crippen molar-refractivity contribution in [1.29, 1.82) is 0 Å². The molecule has 0 bridgehead atoms. The van der Waals surface area contributed by atoms with Crippen molar-refractivity contribution >= 4 is 17.3 Å². The van der Waals surface area contributed by atoms with E-state index in [2.05, 4.69) is 34.0 Å². The lowest BCUT2D eigenvalue weighted by Crippen LogP contribution is -2.19. The fourth-order valence-electron chi connectivity index (χ4n) is 1.56. The van der Waals surface area contributed by atoms with Crippen LogP contribution in [0.2, 0.25) is 0 Å². The number of nitrogens with zero attached hydrogens (tertiary/aromatic N) is 4. The summed E-state index contributed by atoms with van der Waals surface area (Å²) in [5, 5.41) is 0. The summed E-state index contributed by atoms with van der Waals surface area (Å²) < 4.78 is 10.1. The van der Waals surface area contributed by atoms with Crippen LogP contribution in [0.1, 0.15) is 9.75 Å². The maximum Gasteiger partial charge on any atom is 0.324 e. The molecule has 2 heterocycles. The Labute approximate surface area is 116 Å². The Bertz CT molecular complexity index is 536. The van der Waals surface area contributed by atoms with E-state index in [1.807, 2.05) is 11.9 Å². The molecule has 0 spiro atoms. The number of methoxy groups -OCH3 is 2. The predicted octanol–water partition coefficient (Wildman–Crippen LogP) is 1.90. The normalized spacial score (nSPS) is 10.3. The van der Waals surface area contributed by atoms with Gasteiger partial charge in [0.1, 0.15) is 0 Å². The van der Waals surface area contributed by atoms with Crippen LogP contribution in [0.3, 0.4) is 0 Å². The summed E-state index contributed by atoms with van der Waals surface area (Å²) in [4.78, 5) is 16.9. The second-order valence-corrected chi connectivity index (χ2v) is 5.35. The zero-order chi connectivity index (χ0) is 13.8. The average molecular weight is 280 g/mol. The van der Waals surface area contributed by atoms with E-state index >= 15 is 0 Å². The Hall–Kier alpha value is -1.89. The van der Waals surface area contributed by atoms with E-state index in [9.17, 15) is 0 Å². The highest BCUT2D eigenvalue weighted by Gasteiger charge is 2.12. The van der Waals surface area contributed by atoms with Gasteiger partial charge in [-0.05, 0) is 19.1 Å². The summed E-state index contributed by atoms with van der Waals surface area (Å²) >= 11 is 1.76. The van der Waals surface area contributed by atoms with E-state index in [4.69, 9.17) is 9.47 Å². The summed E-state index contributed by atoms with van der Waals surface area (Å²) in [7, 11) is 4.95. The molecule has 0 aromatic carbocycles. The number of ether oxygens (including phenoxy) is 2. The molecule has 0 saturated heterocycles. The van der Waals surface area contributed by atoms with Gasteiger partial charge in [0.2, 0.25) is 5.95 Å². The highest BCUT2D eigenvalue weighted by atomic mass is 32.1. The zero-order valence-electron chi connectivity index (χ0n) is 11.4. The van der Waals surface area contributed by atoms with Crippen LogP contribution in [0, 0.1) is 6.92 Å². The van der Waals surface area contributed by atoms with Gasteiger partial charge in [0, 0.05) is 16.8 Å². The minimum absolute atomic E-state index is 0.246. The van der Waals surface area contributed by atoms with Crippen molar-refractivity contribution in [2.24, 2.45) is 0 Å². The van der Waals surface area contributed by atoms with Crippen molar-refractivity contribution in [3.8, 4) is 12.0 Å². The Morgan fingerprint density at radius 3 is 2.21 bits per heavy atom. The second-order valence-electron chi connectivity index (χ2n) is 3.98. The van der Waals surface area contributed by atoms with Gasteiger partial charge in [-0.1, -0.05) is 0 Å². The Morgan fingerprint density at radius 2 is 1.74 bits per heavy atom. The minimum Gasteiger partial charge on any atom is -0.467 e. The Kier molecular flexibility index (Phi) is 4.16. The number of anilines is 1. The van der Waals surface area contributed by atoms with Crippen LogP contribution in [0.25, 0.3) is 0 Å². The molecular weight excluding hydrogens is 264 g/mol. The monoisotopic (exact) mass is 280 g/mol. The maximum atomic E-state index is 5.04. The van der Waals surface area contributed by atoms with Crippen LogP contribution in [-0.2, 0) is 6.54 Å². The molecule has 2 aromatic rings. The molecule has 7 heteroatoms. The van der Waals surface area contributed by atoms with Gasteiger partial charge < -0.3 is 14.4 Å². The molecule has 0 unspecified atom stereocenters. The summed E-state index contributed by atoms with van der Waals surface area (Å²) in [6, 6.07) is 4.70. The van der Waals surface area contributed by atoms with Crippen LogP contribution in [0.15, 0.2) is 12.1 Å². The molecule has 0 radical (unpaired) electrons. The van der Waals surface area contributed by atoms with E-state index < -0.39 is 0 Å². The third-order valence-corrected chi connectivity index (χ3v) is 3.46. The van der Waals surface area contributed by atoms with Gasteiger partial charge in [-0.25, -0.2) is 0 Å². The van der Waals surface area contributed by atoms with Crippen LogP contribution >= 0.6 is 11.3 Å². The summed E-state index contributed by atoms with van der Waals surface area (Å²) in [6.07, 6.45) is 0. The van der Waals surface area contributed by atoms with Crippen molar-refractivity contribution in [3.05, 3.63) is 21.9 Å². The molecule has 0 aliphatic carbocycles. The van der Waals surface area contributed by atoms with Crippen LogP contribution in [-0.4, -0.2) is 36.2 Å². The summed E-state index contributed by atoms with van der Waals surface area (Å²) in [5.41, 5.74) is 0. The molecule has 0 atom stereocenters. The van der Waals surface area contributed by atoms with Crippen LogP contribution in [0.4, 0.5) is 5.95 Å². The average Bonchev–Trinajstić information content (AvgIpc) is 2.83. The molecular formula is C12H16N4O2S. The first-order chi connectivity index (χ1) is 9.12. The fourth-order valence-corrected chi connectivity index (χ4v) is 2.50. The van der Waals surface area contributed by atoms with Gasteiger partial charge in [0.25, 0.3) is 0 Å². The van der Waals surface area contributed by atoms with Crippen molar-refractivity contribution in [3.63, 3.8) is 0 Å². The smallest absolute Gasteiger partial charge is 0.324 e. The largest absolute Gasteiger partial charge is 0.467 e. The molecule has 102 valence electrons. The molecule has 2 rings (SSSR count). The number of aryl methyl sites for hydroxylation is 1. The van der Waals surface area contributed by atoms with Crippen molar-refractivity contribution < 1.29 is 9.47 Å². The first kappa shape index (κ1) is 13.5. The van der Waals surface area contributed by atoms with Gasteiger partial charge in [-0.15, -0.1) is 16.3 Å². The first-order valence-electron chi connectivity index (χ1n) is 5.73. The second kappa shape index (κ2) is 5.83. The van der Waals surface area contributed by atoms with Crippen LogP contribution < -0.4 is 14.4 Å². The van der Waals surface area contributed by atoms with E-state index in [1.165, 1.54) is 24.0 Å². The molecule has 19 heavy (non-hydrogen) atoms. The van der Waals surface area contributed by atoms with Crippen LogP contribution in [0.5, 0.6) is 12.0 Å². The third kappa shape index (κ3) is 3.31. The number of hydrogen-bond acceptors (Lipinski definition) is 7. The molecule has 0 N–H and O–H groups in total. The molecule has 2 aromatic heterocycles. The van der Waals surface area contributed by atoms with E-state index in [1.54, 1.807) is 11.3 Å². The van der Waals surface area contributed by atoms with Gasteiger partial charge >= 0.3 is 12.0 Å². The number of hydrogen-bond donors (Lipinski definition) is 0. The van der Waals surface area contributed by atoms with Crippen molar-refractivity contribution in [2.75, 3.05) is 26.2 Å². The fraction of sp³-hybridized carbons (Fsp3) is 0.417. The molecule has 0 saturated carbocycles. The van der Waals surface area contributed by atoms with Crippen molar-refractivity contribution in [1.82, 2.24) is 15.0 Å². The molecule has 0 fully saturated rings. The van der Waals surface area contributed by atoms with Gasteiger partial charge in [-0.3, -0.25) is 0 Å². The maximum absolute atomic E-state index is 5.04. The van der Waals surface area contributed by atoms with Crippen molar-refractivity contribution in [2.45, 2.75) is 13.5 Å². The number of aromatic nitrogens is 3. The van der Waals surface area contributed by atoms with Gasteiger partial charge in [0.05, 0.1) is 20.8 Å². The zero-order valence-corrected chi connectivity index (χ0v) is 12.2. The summed E-state index contributed by atoms with van der Waals surface area (Å²) in [6.45, 7) is 2.82. The SMILES string of the molecule is COc1nc(OC)nc(N(C)Cc2ccc(C)s2)n1. The molecule has 0 amide bonds. The molecule has 6 nitrogen and oxygen atoms in total. The highest BCUT2D eigenvalue weighted by molar-refractivity contribution is 7.11. The lowest BCUT2D eigenvalue weighted by molar-refractivity contribution is 0.340. The Morgan fingerprint density at radius 1 is 1.11 bits per heavy atom. The standard InChI is InChI=1S/C12H16N4O2S/c1-8-5-6-9(19-8)7-16(2)10-13-11(17-3)15-12(14-10)18-4/h5-6H,7H2,1-4H3. The lowest BCUT2D eigenvalue weighted by atomic mass is 10.4. The number of rotatable bonds is 5. The van der Waals surface area contributed by atoms with Gasteiger partial charge in [0.15, 0.2) is 0 Å². The quantitative estimate of drug-likeness (QED) is 0.833. The van der Waals surface area contributed by atoms with E-state index in [0.29, 0.717) is 5.95 Å². The third-order valence-electron chi connectivity index (χ3n) is 2.48. The minimum atomic E-state index is 0.246. The lowest BCUT2D eigenvalue weighted by Gasteiger charge is -2.16. The molecule has 0 aliphatic rings. The summed E-state index contributed by atoms with van der Waals surface area (Å²) in [5.74, 6) is 0.523. The predicted molar refractivity (Wildman–Crippen MR) is 74.1 cm³/mol. The molecule has 0 aliphatic heterocycles. The van der Waals surface area contributed by atoms with Gasteiger partial charge in [-0.2, -0.15) is 9.97 Å². The Balaban J connectivity index is 2.20. The van der Waals surface area contributed by atoms with E-state index in [-0.39, 0.29) is 12.0 Å². The topological polar surface area (TPSA) is 60.4 Å². The highest BCUT2D eigenvalue weighted by Crippen LogP contribution is 2.20. The van der Waals surface area contributed by atoms with E-state index in [0.717, 1.165) is 6.54 Å².